The number of benzene rings is 1. The van der Waals surface area contributed by atoms with Crippen LogP contribution in [0.1, 0.15) is 18.9 Å². The van der Waals surface area contributed by atoms with Gasteiger partial charge in [0.05, 0.1) is 6.04 Å². The predicted octanol–water partition coefficient (Wildman–Crippen LogP) is 2.81. The second-order valence-corrected chi connectivity index (χ2v) is 5.61. The van der Waals surface area contributed by atoms with E-state index < -0.39 is 12.1 Å². The summed E-state index contributed by atoms with van der Waals surface area (Å²) in [7, 11) is 0. The zero-order valence-electron chi connectivity index (χ0n) is 11.3. The fraction of sp³-hybridized carbons (Fsp3) is 0.462. The van der Waals surface area contributed by atoms with E-state index in [9.17, 15) is 18.0 Å². The van der Waals surface area contributed by atoms with Crippen LogP contribution in [-0.2, 0) is 4.79 Å². The summed E-state index contributed by atoms with van der Waals surface area (Å²) in [5.74, 6) is -1.78. The van der Waals surface area contributed by atoms with Crippen molar-refractivity contribution in [2.75, 3.05) is 13.1 Å². The second kappa shape index (κ2) is 5.42. The number of amides is 1. The molecule has 1 amide bonds. The van der Waals surface area contributed by atoms with Gasteiger partial charge in [0, 0.05) is 18.1 Å². The number of alkyl halides is 3. The average molecular weight is 333 g/mol. The van der Waals surface area contributed by atoms with E-state index in [0.29, 0.717) is 28.9 Å². The van der Waals surface area contributed by atoms with Gasteiger partial charge in [-0.2, -0.15) is 28.2 Å². The van der Waals surface area contributed by atoms with Crippen LogP contribution in [0.3, 0.4) is 0 Å². The first-order valence-corrected chi connectivity index (χ1v) is 7.10. The van der Waals surface area contributed by atoms with Gasteiger partial charge in [0.15, 0.2) is 0 Å². The van der Waals surface area contributed by atoms with Crippen molar-refractivity contribution in [1.82, 2.24) is 19.9 Å². The lowest BCUT2D eigenvalue weighted by atomic mass is 10.1. The number of hydrogen-bond donors (Lipinski definition) is 0. The highest BCUT2D eigenvalue weighted by molar-refractivity contribution is 6.31. The van der Waals surface area contributed by atoms with Crippen LogP contribution in [0, 0.1) is 0 Å². The van der Waals surface area contributed by atoms with Gasteiger partial charge in [0.1, 0.15) is 11.0 Å². The number of aromatic nitrogens is 3. The van der Waals surface area contributed by atoms with Crippen molar-refractivity contribution >= 4 is 28.5 Å². The summed E-state index contributed by atoms with van der Waals surface area (Å²) >= 11 is 5.88. The molecule has 2 aromatic rings. The van der Waals surface area contributed by atoms with E-state index in [1.54, 1.807) is 18.2 Å². The van der Waals surface area contributed by atoms with Crippen molar-refractivity contribution in [3.63, 3.8) is 0 Å². The molecule has 0 atom stereocenters. The van der Waals surface area contributed by atoms with Crippen molar-refractivity contribution in [3.05, 3.63) is 23.2 Å². The van der Waals surface area contributed by atoms with Crippen molar-refractivity contribution in [1.29, 1.82) is 0 Å². The molecule has 1 aromatic carbocycles. The Hall–Kier alpha value is -1.83. The Morgan fingerprint density at radius 2 is 1.82 bits per heavy atom. The molecule has 0 saturated carbocycles. The van der Waals surface area contributed by atoms with Crippen molar-refractivity contribution < 1.29 is 18.0 Å². The molecule has 9 heteroatoms. The van der Waals surface area contributed by atoms with Crippen molar-refractivity contribution in [3.8, 4) is 0 Å². The van der Waals surface area contributed by atoms with E-state index in [0.717, 1.165) is 4.90 Å². The Morgan fingerprint density at radius 3 is 2.45 bits per heavy atom. The number of fused-ring (bicyclic) bond motifs is 1. The predicted molar refractivity (Wildman–Crippen MR) is 73.4 cm³/mol. The number of piperidine rings is 1. The molecule has 22 heavy (non-hydrogen) atoms. The second-order valence-electron chi connectivity index (χ2n) is 5.17. The van der Waals surface area contributed by atoms with Gasteiger partial charge in [0.25, 0.3) is 0 Å². The third-order valence-corrected chi connectivity index (χ3v) is 3.91. The summed E-state index contributed by atoms with van der Waals surface area (Å²) in [6.45, 7) is 0.0866. The standard InChI is InChI=1S/C13H12ClF3N4O/c14-8-1-2-10-11(7-8)19-21(18-10)9-3-5-20(6-4-9)12(22)13(15,16)17/h1-2,7,9H,3-6H2. The van der Waals surface area contributed by atoms with E-state index in [2.05, 4.69) is 10.2 Å². The molecule has 1 fully saturated rings. The smallest absolute Gasteiger partial charge is 0.335 e. The summed E-state index contributed by atoms with van der Waals surface area (Å²) < 4.78 is 37.2. The first-order valence-electron chi connectivity index (χ1n) is 6.73. The molecule has 1 aromatic heterocycles. The number of halogens is 4. The van der Waals surface area contributed by atoms with E-state index in [1.807, 2.05) is 0 Å². The maximum atomic E-state index is 12.4. The van der Waals surface area contributed by atoms with Gasteiger partial charge in [-0.1, -0.05) is 11.6 Å². The lowest BCUT2D eigenvalue weighted by Crippen LogP contribution is -2.45. The highest BCUT2D eigenvalue weighted by atomic mass is 35.5. The van der Waals surface area contributed by atoms with E-state index in [-0.39, 0.29) is 19.1 Å². The van der Waals surface area contributed by atoms with Gasteiger partial charge in [-0.3, -0.25) is 4.79 Å². The molecule has 0 radical (unpaired) electrons. The molecule has 2 heterocycles. The minimum absolute atomic E-state index is 0.0433. The zero-order chi connectivity index (χ0) is 15.9. The number of likely N-dealkylation sites (tertiary alicyclic amines) is 1. The maximum Gasteiger partial charge on any atom is 0.471 e. The number of rotatable bonds is 1. The van der Waals surface area contributed by atoms with Crippen LogP contribution < -0.4 is 0 Å². The van der Waals surface area contributed by atoms with Gasteiger partial charge >= 0.3 is 12.1 Å². The number of hydrogen-bond acceptors (Lipinski definition) is 3. The van der Waals surface area contributed by atoms with Crippen LogP contribution in [0.2, 0.25) is 5.02 Å². The van der Waals surface area contributed by atoms with E-state index in [1.165, 1.54) is 4.80 Å². The first kappa shape index (κ1) is 15.1. The molecule has 0 N–H and O–H groups in total. The highest BCUT2D eigenvalue weighted by Crippen LogP contribution is 2.26. The minimum atomic E-state index is -4.82. The summed E-state index contributed by atoms with van der Waals surface area (Å²) in [6.07, 6.45) is -4.05. The van der Waals surface area contributed by atoms with Gasteiger partial charge in [-0.05, 0) is 31.0 Å². The fourth-order valence-corrected chi connectivity index (χ4v) is 2.71. The largest absolute Gasteiger partial charge is 0.471 e. The monoisotopic (exact) mass is 332 g/mol. The van der Waals surface area contributed by atoms with E-state index in [4.69, 9.17) is 11.6 Å². The molecule has 1 aliphatic heterocycles. The van der Waals surface area contributed by atoms with Gasteiger partial charge in [0.2, 0.25) is 0 Å². The number of nitrogens with zero attached hydrogens (tertiary/aromatic N) is 4. The normalized spacial score (nSPS) is 17.2. The molecule has 0 aliphatic carbocycles. The Labute approximate surface area is 128 Å². The van der Waals surface area contributed by atoms with Crippen LogP contribution >= 0.6 is 11.6 Å². The van der Waals surface area contributed by atoms with Crippen LogP contribution in [0.15, 0.2) is 18.2 Å². The van der Waals surface area contributed by atoms with Crippen LogP contribution in [-0.4, -0.2) is 45.1 Å². The lowest BCUT2D eigenvalue weighted by Gasteiger charge is -2.31. The zero-order valence-corrected chi connectivity index (χ0v) is 12.1. The molecular weight excluding hydrogens is 321 g/mol. The Kier molecular flexibility index (Phi) is 3.72. The van der Waals surface area contributed by atoms with Crippen LogP contribution in [0.4, 0.5) is 13.2 Å². The number of carbonyl (C=O) groups is 1. The van der Waals surface area contributed by atoms with Gasteiger partial charge in [-0.25, -0.2) is 0 Å². The molecule has 1 aliphatic rings. The summed E-state index contributed by atoms with van der Waals surface area (Å²) in [4.78, 5) is 13.5. The third kappa shape index (κ3) is 2.87. The number of carbonyl (C=O) groups excluding carboxylic acids is 1. The molecule has 118 valence electrons. The van der Waals surface area contributed by atoms with Crippen molar-refractivity contribution in [2.24, 2.45) is 0 Å². The molecule has 0 bridgehead atoms. The van der Waals surface area contributed by atoms with Crippen LogP contribution in [0.5, 0.6) is 0 Å². The highest BCUT2D eigenvalue weighted by Gasteiger charge is 2.43. The first-order chi connectivity index (χ1) is 10.3. The minimum Gasteiger partial charge on any atom is -0.335 e. The molecule has 5 nitrogen and oxygen atoms in total. The Morgan fingerprint density at radius 1 is 1.18 bits per heavy atom. The molecular formula is C13H12ClF3N4O. The summed E-state index contributed by atoms with van der Waals surface area (Å²) in [6, 6.07) is 5.00. The molecule has 0 unspecified atom stereocenters. The Balaban J connectivity index is 1.71. The summed E-state index contributed by atoms with van der Waals surface area (Å²) in [5.41, 5.74) is 1.32. The van der Waals surface area contributed by atoms with Gasteiger partial charge < -0.3 is 4.90 Å². The van der Waals surface area contributed by atoms with E-state index >= 15 is 0 Å². The quantitative estimate of drug-likeness (QED) is 0.807. The molecule has 3 rings (SSSR count). The maximum absolute atomic E-state index is 12.4. The van der Waals surface area contributed by atoms with Crippen LogP contribution in [0.25, 0.3) is 11.0 Å². The summed E-state index contributed by atoms with van der Waals surface area (Å²) in [5, 5.41) is 9.18. The van der Waals surface area contributed by atoms with Crippen molar-refractivity contribution in [2.45, 2.75) is 25.1 Å². The third-order valence-electron chi connectivity index (χ3n) is 3.68. The topological polar surface area (TPSA) is 51.0 Å². The SMILES string of the molecule is O=C(N1CCC(n2nc3ccc(Cl)cc3n2)CC1)C(F)(F)F. The average Bonchev–Trinajstić information content (AvgIpc) is 2.88. The Bertz CT molecular complexity index is 707. The lowest BCUT2D eigenvalue weighted by molar-refractivity contribution is -0.186. The molecule has 1 saturated heterocycles. The molecule has 0 spiro atoms. The van der Waals surface area contributed by atoms with Gasteiger partial charge in [-0.15, -0.1) is 0 Å². The fourth-order valence-electron chi connectivity index (χ4n) is 2.55.